The van der Waals surface area contributed by atoms with Crippen LogP contribution < -0.4 is 0 Å². The van der Waals surface area contributed by atoms with E-state index >= 15 is 0 Å². The Morgan fingerprint density at radius 2 is 1.57 bits per heavy atom. The van der Waals surface area contributed by atoms with Crippen LogP contribution in [0.1, 0.15) is 12.8 Å². The molecule has 1 N–H and O–H groups in total. The van der Waals surface area contributed by atoms with E-state index in [1.165, 1.54) is 0 Å². The SMILES string of the molecule is C=COC(=O)C(OCCCC(F)(F)C(F)(F)S(=O)(=O)O)(OC(=O)C(=C)F)C(F)(F)F. The van der Waals surface area contributed by atoms with E-state index in [2.05, 4.69) is 27.4 Å². The predicted octanol–water partition coefficient (Wildman–Crippen LogP) is 2.87. The highest BCUT2D eigenvalue weighted by Gasteiger charge is 2.68. The van der Waals surface area contributed by atoms with Crippen molar-refractivity contribution in [1.82, 2.24) is 0 Å². The largest absolute Gasteiger partial charge is 0.468 e. The number of hydrogen-bond donors (Lipinski definition) is 1. The summed E-state index contributed by atoms with van der Waals surface area (Å²) in [6.07, 6.45) is -9.61. The van der Waals surface area contributed by atoms with Crippen LogP contribution in [0.5, 0.6) is 0 Å². The van der Waals surface area contributed by atoms with Gasteiger partial charge in [0, 0.05) is 6.42 Å². The van der Waals surface area contributed by atoms with Crippen molar-refractivity contribution in [2.24, 2.45) is 0 Å². The van der Waals surface area contributed by atoms with E-state index in [1.54, 1.807) is 0 Å². The first-order chi connectivity index (χ1) is 13.3. The first-order valence-electron chi connectivity index (χ1n) is 7.10. The van der Waals surface area contributed by atoms with Crippen LogP contribution in [0, 0.1) is 0 Å². The number of ether oxygens (including phenoxy) is 3. The molecule has 30 heavy (non-hydrogen) atoms. The summed E-state index contributed by atoms with van der Waals surface area (Å²) in [5.41, 5.74) is 0. The Kier molecular flexibility index (Phi) is 8.55. The van der Waals surface area contributed by atoms with Crippen molar-refractivity contribution in [2.75, 3.05) is 6.61 Å². The van der Waals surface area contributed by atoms with E-state index in [0.717, 1.165) is 0 Å². The third-order valence-corrected chi connectivity index (χ3v) is 3.93. The van der Waals surface area contributed by atoms with Crippen LogP contribution in [0.25, 0.3) is 0 Å². The first-order valence-corrected chi connectivity index (χ1v) is 8.54. The standard InChI is InChI=1S/C13H12F8O8S/c1-3-27-9(23)11(12(17,18)19,29-8(22)7(2)14)28-6-4-5-10(15,16)13(20,21)30(24,25)26/h3H,1-2,4-6H2,(H,24,25,26). The van der Waals surface area contributed by atoms with Gasteiger partial charge in [0.2, 0.25) is 5.83 Å². The highest BCUT2D eigenvalue weighted by molar-refractivity contribution is 7.87. The molecule has 0 fully saturated rings. The van der Waals surface area contributed by atoms with Crippen LogP contribution in [0.4, 0.5) is 35.1 Å². The van der Waals surface area contributed by atoms with E-state index in [-0.39, 0.29) is 6.26 Å². The molecule has 0 saturated heterocycles. The smallest absolute Gasteiger partial charge is 0.430 e. The Balaban J connectivity index is 5.69. The van der Waals surface area contributed by atoms with Gasteiger partial charge in [-0.05, 0) is 6.42 Å². The molecule has 0 radical (unpaired) electrons. The van der Waals surface area contributed by atoms with Gasteiger partial charge in [-0.2, -0.15) is 43.5 Å². The van der Waals surface area contributed by atoms with E-state index in [4.69, 9.17) is 4.55 Å². The quantitative estimate of drug-likeness (QED) is 0.0913. The summed E-state index contributed by atoms with van der Waals surface area (Å²) in [4.78, 5) is 22.7. The molecule has 0 heterocycles. The molecule has 174 valence electrons. The monoisotopic (exact) mass is 480 g/mol. The van der Waals surface area contributed by atoms with Gasteiger partial charge in [0.15, 0.2) is 0 Å². The van der Waals surface area contributed by atoms with Crippen LogP contribution in [0.3, 0.4) is 0 Å². The number of carbonyl (C=O) groups is 2. The number of rotatable bonds is 11. The highest BCUT2D eigenvalue weighted by atomic mass is 32.2. The lowest BCUT2D eigenvalue weighted by Gasteiger charge is -2.31. The fourth-order valence-corrected chi connectivity index (χ4v) is 2.05. The van der Waals surface area contributed by atoms with Crippen molar-refractivity contribution >= 4 is 22.1 Å². The summed E-state index contributed by atoms with van der Waals surface area (Å²) in [7, 11) is -6.61. The van der Waals surface area contributed by atoms with Crippen LogP contribution in [-0.2, 0) is 33.9 Å². The Morgan fingerprint density at radius 3 is 1.93 bits per heavy atom. The molecule has 0 aromatic rings. The lowest BCUT2D eigenvalue weighted by molar-refractivity contribution is -0.354. The third-order valence-electron chi connectivity index (χ3n) is 2.98. The molecule has 0 rings (SSSR count). The zero-order chi connectivity index (χ0) is 24.2. The summed E-state index contributed by atoms with van der Waals surface area (Å²) in [5.74, 6) is -17.4. The molecule has 8 nitrogen and oxygen atoms in total. The van der Waals surface area contributed by atoms with Crippen LogP contribution in [0.2, 0.25) is 0 Å². The molecule has 0 bridgehead atoms. The molecule has 0 saturated carbocycles. The molecule has 0 amide bonds. The zero-order valence-electron chi connectivity index (χ0n) is 14.3. The van der Waals surface area contributed by atoms with Crippen LogP contribution >= 0.6 is 0 Å². The van der Waals surface area contributed by atoms with Crippen LogP contribution in [-0.4, -0.2) is 54.7 Å². The van der Waals surface area contributed by atoms with Crippen molar-refractivity contribution in [2.45, 2.75) is 36.0 Å². The maximum Gasteiger partial charge on any atom is 0.468 e. The Labute approximate surface area is 162 Å². The fraction of sp³-hybridized carbons (Fsp3) is 0.538. The molecule has 0 aliphatic carbocycles. The average Bonchev–Trinajstić information content (AvgIpc) is 2.55. The molecule has 0 aliphatic rings. The van der Waals surface area contributed by atoms with Crippen molar-refractivity contribution in [3.63, 3.8) is 0 Å². The third kappa shape index (κ3) is 5.88. The maximum absolute atomic E-state index is 13.3. The topological polar surface area (TPSA) is 116 Å². The maximum atomic E-state index is 13.3. The van der Waals surface area contributed by atoms with Gasteiger partial charge < -0.3 is 14.2 Å². The Bertz CT molecular complexity index is 791. The Morgan fingerprint density at radius 1 is 1.07 bits per heavy atom. The van der Waals surface area contributed by atoms with Gasteiger partial charge in [-0.25, -0.2) is 9.59 Å². The van der Waals surface area contributed by atoms with E-state index in [9.17, 15) is 53.1 Å². The summed E-state index contributed by atoms with van der Waals surface area (Å²) in [6.45, 7) is 3.33. The molecular weight excluding hydrogens is 468 g/mol. The highest BCUT2D eigenvalue weighted by Crippen LogP contribution is 2.42. The van der Waals surface area contributed by atoms with E-state index in [1.807, 2.05) is 0 Å². The first kappa shape index (κ1) is 27.7. The van der Waals surface area contributed by atoms with Crippen molar-refractivity contribution in [3.05, 3.63) is 25.2 Å². The van der Waals surface area contributed by atoms with Crippen molar-refractivity contribution in [1.29, 1.82) is 0 Å². The van der Waals surface area contributed by atoms with Gasteiger partial charge in [0.25, 0.3) is 0 Å². The summed E-state index contributed by atoms with van der Waals surface area (Å²) < 4.78 is 146. The van der Waals surface area contributed by atoms with Gasteiger partial charge in [0.05, 0.1) is 12.9 Å². The van der Waals surface area contributed by atoms with E-state index in [0.29, 0.717) is 0 Å². The molecule has 1 unspecified atom stereocenters. The molecule has 0 aliphatic heterocycles. The summed E-state index contributed by atoms with van der Waals surface area (Å²) in [6, 6.07) is 0. The molecule has 1 atom stereocenters. The lowest BCUT2D eigenvalue weighted by atomic mass is 10.2. The minimum Gasteiger partial charge on any atom is -0.430 e. The molecular formula is C13H12F8O8S. The van der Waals surface area contributed by atoms with Gasteiger partial charge in [-0.15, -0.1) is 0 Å². The predicted molar refractivity (Wildman–Crippen MR) is 78.0 cm³/mol. The summed E-state index contributed by atoms with van der Waals surface area (Å²) >= 11 is 0. The van der Waals surface area contributed by atoms with Gasteiger partial charge >= 0.3 is 45.2 Å². The second kappa shape index (κ2) is 9.25. The van der Waals surface area contributed by atoms with E-state index < -0.39 is 70.5 Å². The molecule has 0 aromatic carbocycles. The second-order valence-electron chi connectivity index (χ2n) is 5.13. The van der Waals surface area contributed by atoms with Crippen molar-refractivity contribution in [3.8, 4) is 0 Å². The van der Waals surface area contributed by atoms with Crippen LogP contribution in [0.15, 0.2) is 25.2 Å². The van der Waals surface area contributed by atoms with Crippen molar-refractivity contribution < 1.29 is 71.9 Å². The minimum absolute atomic E-state index is 0.102. The molecule has 0 spiro atoms. The number of hydrogen-bond acceptors (Lipinski definition) is 7. The average molecular weight is 480 g/mol. The molecule has 0 aromatic heterocycles. The summed E-state index contributed by atoms with van der Waals surface area (Å²) in [5, 5.41) is -6.01. The zero-order valence-corrected chi connectivity index (χ0v) is 15.2. The number of halogens is 8. The minimum atomic E-state index is -6.61. The number of alkyl halides is 7. The van der Waals surface area contributed by atoms with Gasteiger partial charge in [-0.3, -0.25) is 4.55 Å². The number of carbonyl (C=O) groups excluding carboxylic acids is 2. The lowest BCUT2D eigenvalue weighted by Crippen LogP contribution is -2.58. The Hall–Kier alpha value is -2.27. The van der Waals surface area contributed by atoms with Gasteiger partial charge in [-0.1, -0.05) is 13.2 Å². The fourth-order valence-electron chi connectivity index (χ4n) is 1.57. The normalized spacial score (nSPS) is 15.1. The van der Waals surface area contributed by atoms with Gasteiger partial charge in [0.1, 0.15) is 0 Å². The molecule has 17 heteroatoms. The number of esters is 2. The second-order valence-corrected chi connectivity index (χ2v) is 6.59.